The number of carboxylic acid groups (broad SMARTS) is 2. The number of unbranched alkanes of at least 4 members (excludes halogenated alkanes) is 31. The van der Waals surface area contributed by atoms with Gasteiger partial charge in [0.15, 0.2) is 25.2 Å². The molecule has 780 valence electrons. The van der Waals surface area contributed by atoms with Crippen molar-refractivity contribution in [3.05, 3.63) is 12.2 Å². The zero-order chi connectivity index (χ0) is 98.8. The summed E-state index contributed by atoms with van der Waals surface area (Å²) in [6, 6.07) is -7.14. The standard InChI is InChI=1S/C90H160N4O40/c1-5-7-9-11-13-15-17-19-20-21-22-23-24-25-26-28-30-32-34-36-38-40-63(109)93-53(54(104)39-37-35-33-31-29-27-18-16-14-12-10-8-6-2)50-123-84-73(116)72(115)76(61(47-99)126-84)128-86-75(118)82(134-90(88(121)122)42-56(106)66(94-64(110)49-101)80(132-90)69(112)58(108)44-96)77(62(48-100)127-86)129-83-67(92-52(4)103)78(70(113)59(45-97)124-83)130-85-74(117)81(71(114)60(46-98)125-85)133-89(87(119)120)41-55(105)65(91-51(3)102)79(131-89)68(111)57(107)43-95/h37,39,53-62,65-86,95-101,104-108,111-118H,5-36,38,40-50H2,1-4H3,(H,91,102)(H,92,103)(H,93,109)(H,94,110)(H,119,120)(H,121,122)/b39-37+/t53-,54+,55?,56?,57+,58+,59?,60?,61?,62?,65+,66+,67?,68+,69+,70-,71-,72+,73?,74?,75?,76+,77-,78+,79?,80?,81-,82+,83-,84+,85-,86-,89-,90-/m0/s1. The number of aliphatic carboxylic acids is 2. The molecule has 6 heterocycles. The average molecular weight is 1940 g/mol. The van der Waals surface area contributed by atoms with Crippen LogP contribution in [0.15, 0.2) is 12.2 Å². The predicted octanol–water partition coefficient (Wildman–Crippen LogP) is -2.56. The third-order valence-corrected chi connectivity index (χ3v) is 25.7. The van der Waals surface area contributed by atoms with Gasteiger partial charge in [0.05, 0.1) is 82.7 Å². The second-order valence-electron chi connectivity index (χ2n) is 36.4. The molecule has 6 aliphatic rings. The summed E-state index contributed by atoms with van der Waals surface area (Å²) in [7, 11) is 0. The number of carbonyl (C=O) groups excluding carboxylic acids is 4. The summed E-state index contributed by atoms with van der Waals surface area (Å²) in [6.45, 7) is -3.18. The Morgan fingerprint density at radius 3 is 1.19 bits per heavy atom. The van der Waals surface area contributed by atoms with Crippen LogP contribution in [0.25, 0.3) is 0 Å². The van der Waals surface area contributed by atoms with Crippen molar-refractivity contribution in [2.45, 2.75) is 466 Å². The fraction of sp³-hybridized carbons (Fsp3) is 0.911. The van der Waals surface area contributed by atoms with E-state index in [1.165, 1.54) is 141 Å². The van der Waals surface area contributed by atoms with Gasteiger partial charge in [0.1, 0.15) is 141 Å². The van der Waals surface area contributed by atoms with Gasteiger partial charge in [0, 0.05) is 33.1 Å². The van der Waals surface area contributed by atoms with Gasteiger partial charge in [-0.3, -0.25) is 19.2 Å². The van der Waals surface area contributed by atoms with Crippen LogP contribution in [0.4, 0.5) is 0 Å². The number of carbonyl (C=O) groups is 6. The average Bonchev–Trinajstić information content (AvgIpc) is 0.746. The molecule has 34 atom stereocenters. The summed E-state index contributed by atoms with van der Waals surface area (Å²) in [5.41, 5.74) is 0. The van der Waals surface area contributed by atoms with Crippen molar-refractivity contribution in [2.75, 3.05) is 52.9 Å². The summed E-state index contributed by atoms with van der Waals surface area (Å²) in [5.74, 6) is -15.0. The van der Waals surface area contributed by atoms with Crippen LogP contribution in [-0.4, -0.2) is 408 Å². The van der Waals surface area contributed by atoms with Crippen LogP contribution in [0.2, 0.25) is 0 Å². The van der Waals surface area contributed by atoms with E-state index >= 15 is 0 Å². The molecule has 44 nitrogen and oxygen atoms in total. The van der Waals surface area contributed by atoms with Crippen LogP contribution in [-0.2, 0) is 85.6 Å². The number of hydrogen-bond acceptors (Lipinski definition) is 38. The number of amides is 4. The Labute approximate surface area is 782 Å². The van der Waals surface area contributed by atoms with Crippen molar-refractivity contribution < 1.29 is 198 Å². The molecular formula is C90H160N4O40. The molecule has 0 radical (unpaired) electrons. The zero-order valence-corrected chi connectivity index (χ0v) is 77.9. The number of nitrogens with one attached hydrogen (secondary N) is 4. The van der Waals surface area contributed by atoms with Gasteiger partial charge in [-0.15, -0.1) is 0 Å². The fourth-order valence-electron chi connectivity index (χ4n) is 18.0. The Balaban J connectivity index is 1.26. The van der Waals surface area contributed by atoms with Gasteiger partial charge < -0.3 is 190 Å². The Kier molecular flexibility index (Phi) is 54.5. The van der Waals surface area contributed by atoms with E-state index in [9.17, 15) is 141 Å². The molecule has 6 rings (SSSR count). The van der Waals surface area contributed by atoms with Crippen LogP contribution < -0.4 is 21.3 Å². The van der Waals surface area contributed by atoms with E-state index in [1.807, 2.05) is 0 Å². The molecule has 12 unspecified atom stereocenters. The number of allylic oxidation sites excluding steroid dienone is 1. The lowest BCUT2D eigenvalue weighted by molar-refractivity contribution is -0.405. The molecule has 0 aliphatic carbocycles. The second kappa shape index (κ2) is 61.9. The molecule has 0 spiro atoms. The topological polar surface area (TPSA) is 706 Å². The minimum Gasteiger partial charge on any atom is -0.477 e. The second-order valence-corrected chi connectivity index (χ2v) is 36.4. The first-order valence-electron chi connectivity index (χ1n) is 48.4. The Morgan fingerprint density at radius 1 is 0.396 bits per heavy atom. The molecule has 4 amide bonds. The number of aliphatic hydroxyl groups is 20. The smallest absolute Gasteiger partial charge is 0.364 e. The first-order valence-corrected chi connectivity index (χ1v) is 48.4. The Hall–Kier alpha value is -4.72. The van der Waals surface area contributed by atoms with E-state index < -0.39 is 309 Å². The normalized spacial score (nSPS) is 33.9. The monoisotopic (exact) mass is 1940 g/mol. The van der Waals surface area contributed by atoms with Gasteiger partial charge >= 0.3 is 11.9 Å². The van der Waals surface area contributed by atoms with Crippen molar-refractivity contribution in [3.63, 3.8) is 0 Å². The van der Waals surface area contributed by atoms with Crippen molar-refractivity contribution >= 4 is 35.6 Å². The number of rotatable bonds is 66. The van der Waals surface area contributed by atoms with E-state index in [1.54, 1.807) is 6.08 Å². The Bertz CT molecular complexity index is 3330. The molecule has 0 aromatic rings. The molecule has 0 saturated carbocycles. The maximum absolute atomic E-state index is 14.1. The maximum Gasteiger partial charge on any atom is 0.364 e. The van der Waals surface area contributed by atoms with Crippen LogP contribution in [0.5, 0.6) is 0 Å². The summed E-state index contributed by atoms with van der Waals surface area (Å²) >= 11 is 0. The summed E-state index contributed by atoms with van der Waals surface area (Å²) in [4.78, 5) is 79.9. The van der Waals surface area contributed by atoms with E-state index in [0.29, 0.717) is 12.8 Å². The van der Waals surface area contributed by atoms with Crippen molar-refractivity contribution in [1.82, 2.24) is 21.3 Å². The summed E-state index contributed by atoms with van der Waals surface area (Å²) in [6.07, 6.45) is -25.0. The highest BCUT2D eigenvalue weighted by atomic mass is 16.8. The molecule has 0 bridgehead atoms. The first-order chi connectivity index (χ1) is 64.1. The molecule has 26 N–H and O–H groups in total. The molecule has 0 aromatic carbocycles. The largest absolute Gasteiger partial charge is 0.477 e. The molecular weight excluding hydrogens is 1780 g/mol. The Morgan fingerprint density at radius 2 is 0.761 bits per heavy atom. The lowest BCUT2D eigenvalue weighted by atomic mass is 9.88. The summed E-state index contributed by atoms with van der Waals surface area (Å²) in [5, 5.41) is 257. The van der Waals surface area contributed by atoms with E-state index in [-0.39, 0.29) is 6.42 Å². The molecule has 6 saturated heterocycles. The quantitative estimate of drug-likeness (QED) is 0.0220. The highest BCUT2D eigenvalue weighted by molar-refractivity contribution is 5.79. The van der Waals surface area contributed by atoms with E-state index in [0.717, 1.165) is 78.1 Å². The maximum atomic E-state index is 14.1. The number of carboxylic acids is 2. The van der Waals surface area contributed by atoms with Gasteiger partial charge in [-0.25, -0.2) is 9.59 Å². The lowest BCUT2D eigenvalue weighted by Gasteiger charge is -2.53. The van der Waals surface area contributed by atoms with Crippen molar-refractivity contribution in [2.24, 2.45) is 0 Å². The minimum atomic E-state index is -3.56. The highest BCUT2D eigenvalue weighted by Gasteiger charge is 2.64. The molecule has 44 heteroatoms. The van der Waals surface area contributed by atoms with Crippen molar-refractivity contribution in [1.29, 1.82) is 0 Å². The van der Waals surface area contributed by atoms with Gasteiger partial charge in [0.2, 0.25) is 23.6 Å². The number of ether oxygens (including phenoxy) is 12. The molecule has 6 aliphatic heterocycles. The van der Waals surface area contributed by atoms with Crippen LogP contribution in [0, 0.1) is 0 Å². The molecule has 0 aromatic heterocycles. The number of hydrogen-bond donors (Lipinski definition) is 26. The van der Waals surface area contributed by atoms with Crippen molar-refractivity contribution in [3.8, 4) is 0 Å². The molecule has 134 heavy (non-hydrogen) atoms. The highest BCUT2D eigenvalue weighted by Crippen LogP contribution is 2.43. The minimum absolute atomic E-state index is 0.0885. The fourth-order valence-corrected chi connectivity index (χ4v) is 18.0. The first kappa shape index (κ1) is 118. The lowest BCUT2D eigenvalue weighted by Crippen LogP contribution is -2.72. The van der Waals surface area contributed by atoms with Crippen LogP contribution >= 0.6 is 0 Å². The van der Waals surface area contributed by atoms with Gasteiger partial charge in [-0.05, 0) is 19.3 Å². The van der Waals surface area contributed by atoms with Crippen LogP contribution in [0.1, 0.15) is 259 Å². The predicted molar refractivity (Wildman–Crippen MR) is 469 cm³/mol. The van der Waals surface area contributed by atoms with Gasteiger partial charge in [-0.1, -0.05) is 219 Å². The SMILES string of the molecule is CCCCCCCCCCCCC/C=C/[C@@H](O)[C@H](CO[C@@H]1OC(CO)[C@@H](O[C@@H]2OC(CO)[C@H](O[C@@H]3OC(CO)[C@H](O)[C@H](O[C@@H]4OC(CO)[C@H](O)[C@H](O[C@]5(C(=O)O)CC(O)[C@@H](NC(C)=O)C([C@H](O)[C@H](O)CO)O5)C4O)C3NC(C)=O)[C@H](O[C@]3(C(=O)O)CC(O)[C@@H](NC(=O)CO)C([C@H](O)[C@H](O)CO)O3)C2O)[C@H](O)C1O)NC(=O)CCCCCCCCCCCCCCCCCCCCCCC. The number of aliphatic hydroxyl groups excluding tert-OH is 20. The van der Waals surface area contributed by atoms with Crippen LogP contribution in [0.3, 0.4) is 0 Å². The third kappa shape index (κ3) is 35.7. The zero-order valence-electron chi connectivity index (χ0n) is 77.9. The third-order valence-electron chi connectivity index (χ3n) is 25.7. The van der Waals surface area contributed by atoms with E-state index in [2.05, 4.69) is 35.1 Å². The van der Waals surface area contributed by atoms with E-state index in [4.69, 9.17) is 56.8 Å². The molecule has 6 fully saturated rings. The van der Waals surface area contributed by atoms with Gasteiger partial charge in [-0.2, -0.15) is 0 Å². The van der Waals surface area contributed by atoms with Gasteiger partial charge in [0.25, 0.3) is 11.6 Å². The summed E-state index contributed by atoms with van der Waals surface area (Å²) < 4.78 is 72.4.